The van der Waals surface area contributed by atoms with Gasteiger partial charge in [0, 0.05) is 5.56 Å². The second kappa shape index (κ2) is 7.08. The predicted octanol–water partition coefficient (Wildman–Crippen LogP) is 3.83. The number of halogens is 1. The lowest BCUT2D eigenvalue weighted by Crippen LogP contribution is -2.21. The lowest BCUT2D eigenvalue weighted by atomic mass is 9.83. The molecule has 4 rings (SSSR count). The molecule has 0 fully saturated rings. The number of fused-ring (bicyclic) bond motifs is 1. The molecular formula is C21H17FN4O2. The van der Waals surface area contributed by atoms with E-state index in [1.54, 1.807) is 12.1 Å². The second-order valence-electron chi connectivity index (χ2n) is 6.25. The standard InChI is InChI=1S/C21H17FN4O2/c1-2-27-15-9-5-13(6-10-15)19-18-17(12-3-7-14(22)8-4-12)16(11-23)20(24)28-21(18)26-25-19/h3-10,17H,2,24H2,1H3,(H,25,26)/t17-/m0/s1. The summed E-state index contributed by atoms with van der Waals surface area (Å²) in [6.45, 7) is 2.50. The first-order chi connectivity index (χ1) is 13.6. The van der Waals surface area contributed by atoms with Gasteiger partial charge in [0.1, 0.15) is 23.2 Å². The van der Waals surface area contributed by atoms with Crippen LogP contribution in [0.5, 0.6) is 11.6 Å². The molecule has 140 valence electrons. The zero-order valence-electron chi connectivity index (χ0n) is 15.1. The number of benzene rings is 2. The van der Waals surface area contributed by atoms with Crippen molar-refractivity contribution in [1.29, 1.82) is 5.26 Å². The van der Waals surface area contributed by atoms with E-state index >= 15 is 0 Å². The summed E-state index contributed by atoms with van der Waals surface area (Å²) >= 11 is 0. The molecule has 0 radical (unpaired) electrons. The summed E-state index contributed by atoms with van der Waals surface area (Å²) in [5, 5.41) is 16.9. The van der Waals surface area contributed by atoms with Crippen molar-refractivity contribution in [3.8, 4) is 29.0 Å². The van der Waals surface area contributed by atoms with Crippen LogP contribution in [-0.2, 0) is 0 Å². The van der Waals surface area contributed by atoms with Gasteiger partial charge in [0.2, 0.25) is 11.8 Å². The SMILES string of the molecule is CCOc1ccc(-c2[nH]nc3c2[C@@H](c2ccc(F)cc2)C(C#N)=C(N)O3)cc1. The van der Waals surface area contributed by atoms with E-state index in [4.69, 9.17) is 15.2 Å². The zero-order valence-corrected chi connectivity index (χ0v) is 15.1. The van der Waals surface area contributed by atoms with Gasteiger partial charge in [-0.3, -0.25) is 5.10 Å². The van der Waals surface area contributed by atoms with Crippen LogP contribution in [0.1, 0.15) is 24.0 Å². The molecule has 2 heterocycles. The Hall–Kier alpha value is -3.79. The summed E-state index contributed by atoms with van der Waals surface area (Å²) in [6.07, 6.45) is 0. The van der Waals surface area contributed by atoms with Gasteiger partial charge in [0.15, 0.2) is 0 Å². The van der Waals surface area contributed by atoms with Crippen molar-refractivity contribution < 1.29 is 13.9 Å². The third-order valence-electron chi connectivity index (χ3n) is 4.60. The molecule has 0 saturated carbocycles. The fraction of sp³-hybridized carbons (Fsp3) is 0.143. The van der Waals surface area contributed by atoms with Gasteiger partial charge in [-0.15, -0.1) is 5.10 Å². The molecule has 1 aliphatic heterocycles. The number of hydrogen-bond donors (Lipinski definition) is 2. The minimum atomic E-state index is -0.519. The summed E-state index contributed by atoms with van der Waals surface area (Å²) in [5.41, 5.74) is 9.17. The quantitative estimate of drug-likeness (QED) is 0.721. The minimum Gasteiger partial charge on any atom is -0.494 e. The van der Waals surface area contributed by atoms with Crippen molar-refractivity contribution >= 4 is 0 Å². The van der Waals surface area contributed by atoms with Crippen molar-refractivity contribution in [2.75, 3.05) is 6.61 Å². The molecule has 0 spiro atoms. The van der Waals surface area contributed by atoms with Crippen molar-refractivity contribution in [2.24, 2.45) is 5.73 Å². The summed E-state index contributed by atoms with van der Waals surface area (Å²) in [4.78, 5) is 0. The summed E-state index contributed by atoms with van der Waals surface area (Å²) in [5.74, 6) is 0.177. The summed E-state index contributed by atoms with van der Waals surface area (Å²) in [7, 11) is 0. The Bertz CT molecular complexity index is 1080. The maximum Gasteiger partial charge on any atom is 0.244 e. The van der Waals surface area contributed by atoms with E-state index < -0.39 is 5.92 Å². The molecule has 0 unspecified atom stereocenters. The van der Waals surface area contributed by atoms with E-state index in [0.717, 1.165) is 16.9 Å². The van der Waals surface area contributed by atoms with Gasteiger partial charge >= 0.3 is 0 Å². The maximum absolute atomic E-state index is 13.4. The molecule has 3 aromatic rings. The van der Waals surface area contributed by atoms with Crippen LogP contribution in [0.4, 0.5) is 4.39 Å². The number of allylic oxidation sites excluding steroid dienone is 1. The van der Waals surface area contributed by atoms with Gasteiger partial charge in [-0.2, -0.15) is 5.26 Å². The monoisotopic (exact) mass is 376 g/mol. The Kier molecular flexibility index (Phi) is 4.45. The smallest absolute Gasteiger partial charge is 0.244 e. The van der Waals surface area contributed by atoms with Crippen LogP contribution in [0, 0.1) is 17.1 Å². The first-order valence-corrected chi connectivity index (χ1v) is 8.77. The van der Waals surface area contributed by atoms with Gasteiger partial charge in [0.25, 0.3) is 0 Å². The molecule has 6 nitrogen and oxygen atoms in total. The number of nitrogens with zero attached hydrogens (tertiary/aromatic N) is 2. The largest absolute Gasteiger partial charge is 0.494 e. The highest BCUT2D eigenvalue weighted by molar-refractivity contribution is 5.71. The molecule has 1 aromatic heterocycles. The van der Waals surface area contributed by atoms with Crippen LogP contribution in [0.25, 0.3) is 11.3 Å². The second-order valence-corrected chi connectivity index (χ2v) is 6.25. The minimum absolute atomic E-state index is 0.00549. The molecule has 1 aliphatic rings. The molecule has 0 saturated heterocycles. The van der Waals surface area contributed by atoms with Crippen LogP contribution in [0.15, 0.2) is 60.0 Å². The zero-order chi connectivity index (χ0) is 19.7. The molecule has 2 aromatic carbocycles. The van der Waals surface area contributed by atoms with Gasteiger partial charge < -0.3 is 15.2 Å². The third kappa shape index (κ3) is 2.95. The number of nitrogens with one attached hydrogen (secondary N) is 1. The Morgan fingerprint density at radius 1 is 1.21 bits per heavy atom. The predicted molar refractivity (Wildman–Crippen MR) is 101 cm³/mol. The lowest BCUT2D eigenvalue weighted by molar-refractivity contribution is 0.340. The van der Waals surface area contributed by atoms with E-state index in [9.17, 15) is 9.65 Å². The number of aromatic amines is 1. The van der Waals surface area contributed by atoms with E-state index in [2.05, 4.69) is 16.3 Å². The highest BCUT2D eigenvalue weighted by atomic mass is 19.1. The molecule has 0 bridgehead atoms. The van der Waals surface area contributed by atoms with E-state index in [1.807, 2.05) is 31.2 Å². The summed E-state index contributed by atoms with van der Waals surface area (Å²) < 4.78 is 24.5. The number of rotatable bonds is 4. The van der Waals surface area contributed by atoms with Gasteiger partial charge in [-0.25, -0.2) is 4.39 Å². The normalized spacial score (nSPS) is 15.5. The van der Waals surface area contributed by atoms with Crippen molar-refractivity contribution in [3.05, 3.63) is 76.9 Å². The van der Waals surface area contributed by atoms with Gasteiger partial charge in [0.05, 0.1) is 23.8 Å². The average Bonchev–Trinajstić information content (AvgIpc) is 3.12. The van der Waals surface area contributed by atoms with Crippen LogP contribution < -0.4 is 15.2 Å². The Labute approximate surface area is 161 Å². The lowest BCUT2D eigenvalue weighted by Gasteiger charge is -2.24. The molecule has 3 N–H and O–H groups in total. The van der Waals surface area contributed by atoms with E-state index in [-0.39, 0.29) is 17.3 Å². The highest BCUT2D eigenvalue weighted by Gasteiger charge is 2.35. The Balaban J connectivity index is 1.85. The molecule has 0 amide bonds. The summed E-state index contributed by atoms with van der Waals surface area (Å²) in [6, 6.07) is 15.6. The van der Waals surface area contributed by atoms with Crippen molar-refractivity contribution in [3.63, 3.8) is 0 Å². The van der Waals surface area contributed by atoms with Gasteiger partial charge in [-0.05, 0) is 48.9 Å². The van der Waals surface area contributed by atoms with Crippen LogP contribution in [0.2, 0.25) is 0 Å². The topological polar surface area (TPSA) is 97.0 Å². The number of ether oxygens (including phenoxy) is 2. The number of nitrogens with two attached hydrogens (primary N) is 1. The number of H-pyrrole nitrogens is 1. The van der Waals surface area contributed by atoms with E-state index in [0.29, 0.717) is 23.7 Å². The highest BCUT2D eigenvalue weighted by Crippen LogP contribution is 2.45. The first-order valence-electron chi connectivity index (χ1n) is 8.77. The molecular weight excluding hydrogens is 359 g/mol. The fourth-order valence-corrected chi connectivity index (χ4v) is 3.34. The molecule has 0 aliphatic carbocycles. The molecule has 7 heteroatoms. The van der Waals surface area contributed by atoms with Gasteiger partial charge in [-0.1, -0.05) is 12.1 Å². The fourth-order valence-electron chi connectivity index (χ4n) is 3.34. The Morgan fingerprint density at radius 3 is 2.57 bits per heavy atom. The number of nitriles is 1. The van der Waals surface area contributed by atoms with Crippen LogP contribution in [0.3, 0.4) is 0 Å². The molecule has 1 atom stereocenters. The number of aromatic nitrogens is 2. The van der Waals surface area contributed by atoms with Crippen LogP contribution >= 0.6 is 0 Å². The Morgan fingerprint density at radius 2 is 1.93 bits per heavy atom. The number of hydrogen-bond acceptors (Lipinski definition) is 5. The van der Waals surface area contributed by atoms with E-state index in [1.165, 1.54) is 12.1 Å². The molecule has 28 heavy (non-hydrogen) atoms. The first kappa shape index (κ1) is 17.6. The van der Waals surface area contributed by atoms with Crippen molar-refractivity contribution in [1.82, 2.24) is 10.2 Å². The van der Waals surface area contributed by atoms with Crippen LogP contribution in [-0.4, -0.2) is 16.8 Å². The average molecular weight is 376 g/mol. The maximum atomic E-state index is 13.4. The van der Waals surface area contributed by atoms with Crippen molar-refractivity contribution in [2.45, 2.75) is 12.8 Å². The third-order valence-corrected chi connectivity index (χ3v) is 4.60.